The van der Waals surface area contributed by atoms with Crippen LogP contribution in [0.1, 0.15) is 36.6 Å². The molecule has 25 heavy (non-hydrogen) atoms. The number of hydrogen-bond acceptors (Lipinski definition) is 5. The Bertz CT molecular complexity index is 943. The third kappa shape index (κ3) is 3.18. The molecule has 0 radical (unpaired) electrons. The van der Waals surface area contributed by atoms with Crippen LogP contribution < -0.4 is 5.32 Å². The van der Waals surface area contributed by atoms with Crippen molar-refractivity contribution >= 4 is 21.4 Å². The van der Waals surface area contributed by atoms with Crippen LogP contribution in [0.4, 0.5) is 0 Å². The van der Waals surface area contributed by atoms with Crippen LogP contribution in [0, 0.1) is 0 Å². The molecule has 0 aliphatic heterocycles. The molecular formula is C19H19N5S. The zero-order valence-electron chi connectivity index (χ0n) is 14.1. The van der Waals surface area contributed by atoms with E-state index >= 15 is 0 Å². The number of para-hydroxylation sites is 1. The predicted octanol–water partition coefficient (Wildman–Crippen LogP) is 4.29. The summed E-state index contributed by atoms with van der Waals surface area (Å²) in [5, 5.41) is 17.1. The van der Waals surface area contributed by atoms with Crippen molar-refractivity contribution in [2.45, 2.75) is 25.9 Å². The predicted molar refractivity (Wildman–Crippen MR) is 101 cm³/mol. The molecule has 0 bridgehead atoms. The van der Waals surface area contributed by atoms with E-state index in [1.807, 2.05) is 41.7 Å². The van der Waals surface area contributed by atoms with E-state index in [-0.39, 0.29) is 12.1 Å². The molecule has 2 aromatic heterocycles. The van der Waals surface area contributed by atoms with E-state index < -0.39 is 0 Å². The highest BCUT2D eigenvalue weighted by atomic mass is 32.1. The van der Waals surface area contributed by atoms with Crippen LogP contribution in [0.5, 0.6) is 0 Å². The number of nitrogens with zero attached hydrogens (tertiary/aromatic N) is 4. The molecule has 4 rings (SSSR count). The van der Waals surface area contributed by atoms with E-state index in [0.29, 0.717) is 0 Å². The molecule has 0 fully saturated rings. The lowest BCUT2D eigenvalue weighted by atomic mass is 10.2. The third-order valence-electron chi connectivity index (χ3n) is 4.25. The number of fused-ring (bicyclic) bond motifs is 1. The molecule has 2 aromatic carbocycles. The van der Waals surface area contributed by atoms with Gasteiger partial charge < -0.3 is 5.32 Å². The smallest absolute Gasteiger partial charge is 0.173 e. The van der Waals surface area contributed by atoms with Crippen molar-refractivity contribution in [1.29, 1.82) is 0 Å². The molecule has 0 saturated carbocycles. The summed E-state index contributed by atoms with van der Waals surface area (Å²) >= 11 is 1.82. The van der Waals surface area contributed by atoms with E-state index in [2.05, 4.69) is 65.0 Å². The van der Waals surface area contributed by atoms with Crippen LogP contribution in [0.15, 0.2) is 60.7 Å². The van der Waals surface area contributed by atoms with Crippen molar-refractivity contribution in [2.75, 3.05) is 0 Å². The number of nitrogens with one attached hydrogen (secondary N) is 1. The van der Waals surface area contributed by atoms with Crippen molar-refractivity contribution in [3.05, 3.63) is 71.4 Å². The van der Waals surface area contributed by atoms with Crippen molar-refractivity contribution in [3.8, 4) is 5.69 Å². The van der Waals surface area contributed by atoms with Gasteiger partial charge in [-0.3, -0.25) is 0 Å². The van der Waals surface area contributed by atoms with E-state index in [9.17, 15) is 0 Å². The summed E-state index contributed by atoms with van der Waals surface area (Å²) in [7, 11) is 0. The lowest BCUT2D eigenvalue weighted by Crippen LogP contribution is -2.24. The van der Waals surface area contributed by atoms with Gasteiger partial charge in [-0.1, -0.05) is 36.4 Å². The second kappa shape index (κ2) is 6.74. The molecule has 0 spiro atoms. The summed E-state index contributed by atoms with van der Waals surface area (Å²) in [6.07, 6.45) is 0. The van der Waals surface area contributed by atoms with E-state index in [1.165, 1.54) is 15.0 Å². The molecule has 2 heterocycles. The Kier molecular flexibility index (Phi) is 4.29. The second-order valence-electron chi connectivity index (χ2n) is 6.08. The lowest BCUT2D eigenvalue weighted by Gasteiger charge is -2.18. The molecular weight excluding hydrogens is 330 g/mol. The summed E-state index contributed by atoms with van der Waals surface area (Å²) in [4.78, 5) is 1.31. The molecule has 6 heteroatoms. The highest BCUT2D eigenvalue weighted by molar-refractivity contribution is 7.19. The Balaban J connectivity index is 1.56. The number of benzene rings is 2. The second-order valence-corrected chi connectivity index (χ2v) is 7.20. The normalized spacial score (nSPS) is 13.8. The van der Waals surface area contributed by atoms with Gasteiger partial charge >= 0.3 is 0 Å². The van der Waals surface area contributed by atoms with Gasteiger partial charge in [0.2, 0.25) is 0 Å². The minimum absolute atomic E-state index is 0.0235. The number of aromatic nitrogens is 4. The fourth-order valence-electron chi connectivity index (χ4n) is 2.96. The highest BCUT2D eigenvalue weighted by Crippen LogP contribution is 2.30. The van der Waals surface area contributed by atoms with E-state index in [4.69, 9.17) is 0 Å². The van der Waals surface area contributed by atoms with Crippen LogP contribution in [0.25, 0.3) is 15.8 Å². The van der Waals surface area contributed by atoms with Gasteiger partial charge in [-0.2, -0.15) is 4.68 Å². The van der Waals surface area contributed by atoms with Crippen LogP contribution in [0.2, 0.25) is 0 Å². The number of rotatable bonds is 5. The Hall–Kier alpha value is -2.57. The van der Waals surface area contributed by atoms with Crippen molar-refractivity contribution in [1.82, 2.24) is 25.5 Å². The number of tetrazole rings is 1. The molecule has 0 amide bonds. The summed E-state index contributed by atoms with van der Waals surface area (Å²) in [5.74, 6) is 0.805. The average Bonchev–Trinajstić information content (AvgIpc) is 3.29. The van der Waals surface area contributed by atoms with Gasteiger partial charge in [0, 0.05) is 15.6 Å². The Labute approximate surface area is 150 Å². The first-order valence-corrected chi connectivity index (χ1v) is 9.12. The fourth-order valence-corrected chi connectivity index (χ4v) is 4.04. The molecule has 2 atom stereocenters. The molecule has 0 aliphatic rings. The summed E-state index contributed by atoms with van der Waals surface area (Å²) in [6.45, 7) is 4.27. The lowest BCUT2D eigenvalue weighted by molar-refractivity contribution is 0.473. The number of thiophene rings is 1. The first kappa shape index (κ1) is 15.9. The zero-order chi connectivity index (χ0) is 17.2. The maximum absolute atomic E-state index is 4.22. The minimum Gasteiger partial charge on any atom is -0.300 e. The molecule has 0 aliphatic carbocycles. The molecule has 1 N–H and O–H groups in total. The van der Waals surface area contributed by atoms with Crippen LogP contribution in [0.3, 0.4) is 0 Å². The Morgan fingerprint density at radius 3 is 2.52 bits per heavy atom. The maximum atomic E-state index is 4.22. The standard InChI is InChI=1S/C19H19N5S/c1-13(18-12-15-8-6-7-11-17(15)25-18)20-14(2)19-21-22-23-24(19)16-9-4-3-5-10-16/h3-14,20H,1-2H3/t13-,14+/m1/s1. The Morgan fingerprint density at radius 2 is 1.72 bits per heavy atom. The van der Waals surface area contributed by atoms with Crippen molar-refractivity contribution in [2.24, 2.45) is 0 Å². The SMILES string of the molecule is C[C@H](N[C@H](C)c1cc2ccccc2s1)c1nnnn1-c1ccccc1. The van der Waals surface area contributed by atoms with Gasteiger partial charge in [0.05, 0.1) is 11.7 Å². The zero-order valence-corrected chi connectivity index (χ0v) is 14.9. The van der Waals surface area contributed by atoms with Crippen molar-refractivity contribution < 1.29 is 0 Å². The van der Waals surface area contributed by atoms with E-state index in [0.717, 1.165) is 11.5 Å². The number of hydrogen-bond donors (Lipinski definition) is 1. The van der Waals surface area contributed by atoms with Gasteiger partial charge in [0.25, 0.3) is 0 Å². The molecule has 126 valence electrons. The fraction of sp³-hybridized carbons (Fsp3) is 0.211. The van der Waals surface area contributed by atoms with Crippen LogP contribution in [-0.2, 0) is 0 Å². The largest absolute Gasteiger partial charge is 0.300 e. The Morgan fingerprint density at radius 1 is 0.960 bits per heavy atom. The van der Waals surface area contributed by atoms with Gasteiger partial charge in [0.15, 0.2) is 5.82 Å². The molecule has 4 aromatic rings. The highest BCUT2D eigenvalue weighted by Gasteiger charge is 2.19. The van der Waals surface area contributed by atoms with Gasteiger partial charge in [-0.15, -0.1) is 16.4 Å². The third-order valence-corrected chi connectivity index (χ3v) is 5.55. The molecule has 0 unspecified atom stereocenters. The van der Waals surface area contributed by atoms with Gasteiger partial charge in [-0.05, 0) is 53.9 Å². The summed E-state index contributed by atoms with van der Waals surface area (Å²) < 4.78 is 3.10. The topological polar surface area (TPSA) is 55.6 Å². The maximum Gasteiger partial charge on any atom is 0.173 e. The molecule has 0 saturated heterocycles. The quantitative estimate of drug-likeness (QED) is 0.584. The summed E-state index contributed by atoms with van der Waals surface area (Å²) in [6, 6.07) is 20.9. The monoisotopic (exact) mass is 349 g/mol. The van der Waals surface area contributed by atoms with Crippen LogP contribution >= 0.6 is 11.3 Å². The first-order valence-electron chi connectivity index (χ1n) is 8.30. The first-order chi connectivity index (χ1) is 12.2. The summed E-state index contributed by atoms with van der Waals surface area (Å²) in [5.41, 5.74) is 0.964. The van der Waals surface area contributed by atoms with Gasteiger partial charge in [-0.25, -0.2) is 0 Å². The minimum atomic E-state index is 0.0235. The van der Waals surface area contributed by atoms with Gasteiger partial charge in [0.1, 0.15) is 0 Å². The van der Waals surface area contributed by atoms with E-state index in [1.54, 1.807) is 4.68 Å². The van der Waals surface area contributed by atoms with Crippen LogP contribution in [-0.4, -0.2) is 20.2 Å². The molecule has 5 nitrogen and oxygen atoms in total. The van der Waals surface area contributed by atoms with Crippen molar-refractivity contribution in [3.63, 3.8) is 0 Å². The average molecular weight is 349 g/mol.